The van der Waals surface area contributed by atoms with Gasteiger partial charge >= 0.3 is 0 Å². The van der Waals surface area contributed by atoms with Crippen molar-refractivity contribution in [2.24, 2.45) is 0 Å². The summed E-state index contributed by atoms with van der Waals surface area (Å²) in [6.07, 6.45) is 0. The number of benzene rings is 2. The zero-order chi connectivity index (χ0) is 22.2. The minimum Gasteiger partial charge on any atom is -0.505 e. The van der Waals surface area contributed by atoms with Crippen LogP contribution in [0.15, 0.2) is 40.9 Å². The third kappa shape index (κ3) is 4.36. The Bertz CT molecular complexity index is 1310. The highest BCUT2D eigenvalue weighted by Crippen LogP contribution is 2.34. The number of aryl methyl sites for hydroxylation is 2. The number of halogens is 3. The SMILES string of the molecule is CC(=O)c1c(O)c(C)nc2ccc(Cl)cc12.Cc1nc2ccc(Cl)cc2c(Br)c1O. The van der Waals surface area contributed by atoms with Crippen molar-refractivity contribution >= 4 is 66.7 Å². The molecule has 0 amide bonds. The molecule has 0 unspecified atom stereocenters. The van der Waals surface area contributed by atoms with Crippen LogP contribution in [0.1, 0.15) is 28.7 Å². The van der Waals surface area contributed by atoms with Gasteiger partial charge in [0.2, 0.25) is 0 Å². The third-order valence-corrected chi connectivity index (χ3v) is 5.75. The molecule has 2 aromatic heterocycles. The Labute approximate surface area is 191 Å². The van der Waals surface area contributed by atoms with E-state index >= 15 is 0 Å². The normalized spacial score (nSPS) is 10.7. The van der Waals surface area contributed by atoms with Gasteiger partial charge in [-0.15, -0.1) is 0 Å². The first-order chi connectivity index (χ1) is 14.1. The summed E-state index contributed by atoms with van der Waals surface area (Å²) in [6, 6.07) is 10.5. The van der Waals surface area contributed by atoms with Crippen LogP contribution < -0.4 is 0 Å². The number of carbonyl (C=O) groups excluding carboxylic acids is 1. The summed E-state index contributed by atoms with van der Waals surface area (Å²) in [4.78, 5) is 19.9. The molecule has 0 aliphatic heterocycles. The fraction of sp³-hybridized carbons (Fsp3) is 0.136. The predicted octanol–water partition coefficient (Wildman–Crippen LogP) is 6.77. The summed E-state index contributed by atoms with van der Waals surface area (Å²) in [7, 11) is 0. The molecule has 2 heterocycles. The highest BCUT2D eigenvalue weighted by molar-refractivity contribution is 9.10. The molecule has 0 atom stereocenters. The van der Waals surface area contributed by atoms with Gasteiger partial charge in [0.25, 0.3) is 0 Å². The second-order valence-corrected chi connectivity index (χ2v) is 8.33. The Morgan fingerprint density at radius 2 is 1.33 bits per heavy atom. The number of nitrogens with zero attached hydrogens (tertiary/aromatic N) is 2. The first-order valence-corrected chi connectivity index (χ1v) is 10.4. The maximum absolute atomic E-state index is 11.5. The van der Waals surface area contributed by atoms with Gasteiger partial charge in [-0.2, -0.15) is 0 Å². The summed E-state index contributed by atoms with van der Waals surface area (Å²) in [5.41, 5.74) is 2.80. The van der Waals surface area contributed by atoms with Crippen LogP contribution in [-0.4, -0.2) is 26.0 Å². The summed E-state index contributed by atoms with van der Waals surface area (Å²) >= 11 is 15.0. The number of hydrogen-bond acceptors (Lipinski definition) is 5. The molecule has 0 fully saturated rings. The quantitative estimate of drug-likeness (QED) is 0.278. The topological polar surface area (TPSA) is 83.3 Å². The highest BCUT2D eigenvalue weighted by Gasteiger charge is 2.15. The first-order valence-electron chi connectivity index (χ1n) is 8.84. The van der Waals surface area contributed by atoms with Crippen molar-refractivity contribution in [2.75, 3.05) is 0 Å². The van der Waals surface area contributed by atoms with Gasteiger partial charge in [-0.05, 0) is 73.1 Å². The van der Waals surface area contributed by atoms with Crippen LogP contribution in [-0.2, 0) is 0 Å². The number of rotatable bonds is 1. The number of Topliss-reactive ketones (excluding diaryl/α,β-unsaturated/α-hetero) is 1. The van der Waals surface area contributed by atoms with Gasteiger partial charge < -0.3 is 10.2 Å². The molecule has 2 aromatic carbocycles. The smallest absolute Gasteiger partial charge is 0.164 e. The average molecular weight is 508 g/mol. The number of fused-ring (bicyclic) bond motifs is 2. The van der Waals surface area contributed by atoms with E-state index in [1.165, 1.54) is 6.92 Å². The van der Waals surface area contributed by atoms with Crippen LogP contribution in [0, 0.1) is 13.8 Å². The van der Waals surface area contributed by atoms with Crippen LogP contribution in [0.5, 0.6) is 11.5 Å². The lowest BCUT2D eigenvalue weighted by Crippen LogP contribution is -1.98. The van der Waals surface area contributed by atoms with Crippen molar-refractivity contribution < 1.29 is 15.0 Å². The fourth-order valence-electron chi connectivity index (χ4n) is 3.01. The lowest BCUT2D eigenvalue weighted by atomic mass is 10.0. The standard InChI is InChI=1S/C12H10ClNO2.C10H7BrClNO/c1-6-12(16)11(7(2)15)9-5-8(13)3-4-10(9)14-6;1-5-10(14)9(11)7-4-6(12)2-3-8(7)13-5/h3-5,16H,1-2H3;2-4,14H,1H3. The highest BCUT2D eigenvalue weighted by atomic mass is 79.9. The van der Waals surface area contributed by atoms with Gasteiger partial charge in [0.05, 0.1) is 32.5 Å². The number of aromatic hydroxyl groups is 2. The Kier molecular flexibility index (Phi) is 6.50. The zero-order valence-corrected chi connectivity index (χ0v) is 19.4. The second-order valence-electron chi connectivity index (χ2n) is 6.66. The number of ketones is 1. The molecule has 0 spiro atoms. The summed E-state index contributed by atoms with van der Waals surface area (Å²) in [6.45, 7) is 4.83. The molecule has 0 radical (unpaired) electrons. The van der Waals surface area contributed by atoms with Crippen molar-refractivity contribution in [2.45, 2.75) is 20.8 Å². The van der Waals surface area contributed by atoms with E-state index in [9.17, 15) is 15.0 Å². The zero-order valence-electron chi connectivity index (χ0n) is 16.3. The Hall–Kier alpha value is -2.41. The third-order valence-electron chi connectivity index (χ3n) is 4.48. The Morgan fingerprint density at radius 3 is 1.87 bits per heavy atom. The van der Waals surface area contributed by atoms with E-state index in [4.69, 9.17) is 23.2 Å². The molecule has 0 bridgehead atoms. The van der Waals surface area contributed by atoms with Crippen molar-refractivity contribution in [1.29, 1.82) is 0 Å². The molecular formula is C22H17BrCl2N2O3. The number of aromatic nitrogens is 2. The maximum atomic E-state index is 11.5. The Morgan fingerprint density at radius 1 is 0.867 bits per heavy atom. The van der Waals surface area contributed by atoms with Gasteiger partial charge in [0.1, 0.15) is 5.75 Å². The Balaban J connectivity index is 0.000000172. The fourth-order valence-corrected chi connectivity index (χ4v) is 3.95. The van der Waals surface area contributed by atoms with E-state index in [1.807, 2.05) is 6.07 Å². The molecule has 0 saturated carbocycles. The largest absolute Gasteiger partial charge is 0.505 e. The molecule has 4 aromatic rings. The van der Waals surface area contributed by atoms with E-state index in [-0.39, 0.29) is 22.8 Å². The maximum Gasteiger partial charge on any atom is 0.164 e. The monoisotopic (exact) mass is 506 g/mol. The molecule has 30 heavy (non-hydrogen) atoms. The van der Waals surface area contributed by atoms with E-state index in [2.05, 4.69) is 25.9 Å². The molecule has 4 rings (SSSR count). The van der Waals surface area contributed by atoms with Crippen LogP contribution >= 0.6 is 39.1 Å². The number of hydrogen-bond donors (Lipinski definition) is 2. The van der Waals surface area contributed by atoms with Crippen molar-refractivity contribution in [1.82, 2.24) is 9.97 Å². The van der Waals surface area contributed by atoms with E-state index in [1.54, 1.807) is 44.2 Å². The van der Waals surface area contributed by atoms with Crippen molar-refractivity contribution in [3.63, 3.8) is 0 Å². The summed E-state index contributed by atoms with van der Waals surface area (Å²) in [5.74, 6) is -0.0997. The summed E-state index contributed by atoms with van der Waals surface area (Å²) in [5, 5.41) is 22.0. The van der Waals surface area contributed by atoms with Crippen molar-refractivity contribution in [3.05, 3.63) is 67.9 Å². The molecule has 0 saturated heterocycles. The average Bonchev–Trinajstić information content (AvgIpc) is 2.68. The predicted molar refractivity (Wildman–Crippen MR) is 124 cm³/mol. The first kappa shape index (κ1) is 22.3. The van der Waals surface area contributed by atoms with Crippen LogP contribution in [0.3, 0.4) is 0 Å². The van der Waals surface area contributed by atoms with Crippen molar-refractivity contribution in [3.8, 4) is 11.5 Å². The van der Waals surface area contributed by atoms with E-state index in [0.29, 0.717) is 36.8 Å². The van der Waals surface area contributed by atoms with Gasteiger partial charge in [-0.25, -0.2) is 9.97 Å². The van der Waals surface area contributed by atoms with Gasteiger partial charge in [0, 0.05) is 20.8 Å². The molecular weight excluding hydrogens is 491 g/mol. The van der Waals surface area contributed by atoms with Gasteiger partial charge in [0.15, 0.2) is 11.5 Å². The van der Waals surface area contributed by atoms with Gasteiger partial charge in [-0.1, -0.05) is 23.2 Å². The lowest BCUT2D eigenvalue weighted by Gasteiger charge is -2.08. The molecule has 5 nitrogen and oxygen atoms in total. The minimum absolute atomic E-state index is 0.0673. The van der Waals surface area contributed by atoms with E-state index in [0.717, 1.165) is 10.9 Å². The number of pyridine rings is 2. The summed E-state index contributed by atoms with van der Waals surface area (Å²) < 4.78 is 0.641. The van der Waals surface area contributed by atoms with Gasteiger partial charge in [-0.3, -0.25) is 4.79 Å². The number of carbonyl (C=O) groups is 1. The molecule has 0 aliphatic rings. The van der Waals surface area contributed by atoms with Crippen LogP contribution in [0.2, 0.25) is 10.0 Å². The lowest BCUT2D eigenvalue weighted by molar-refractivity contribution is 0.101. The van der Waals surface area contributed by atoms with Crippen LogP contribution in [0.4, 0.5) is 0 Å². The van der Waals surface area contributed by atoms with Crippen LogP contribution in [0.25, 0.3) is 21.8 Å². The molecule has 2 N–H and O–H groups in total. The van der Waals surface area contributed by atoms with E-state index < -0.39 is 0 Å². The molecule has 154 valence electrons. The molecule has 0 aliphatic carbocycles. The molecule has 8 heteroatoms. The minimum atomic E-state index is -0.199. The second kappa shape index (κ2) is 8.76.